The lowest BCUT2D eigenvalue weighted by atomic mass is 10.1. The van der Waals surface area contributed by atoms with Crippen molar-refractivity contribution in [1.29, 1.82) is 0 Å². The average molecular weight is 355 g/mol. The van der Waals surface area contributed by atoms with Crippen molar-refractivity contribution < 1.29 is 18.7 Å². The summed E-state index contributed by atoms with van der Waals surface area (Å²) < 4.78 is 19.6. The summed E-state index contributed by atoms with van der Waals surface area (Å²) in [5.74, 6) is -0.643. The zero-order valence-corrected chi connectivity index (χ0v) is 14.2. The SMILES string of the molecule is CC(=O)NC[C@H]1CN(c2ccc(C=Cc3cccnc3)c(F)c2)C(=O)O1. The summed E-state index contributed by atoms with van der Waals surface area (Å²) in [6.07, 6.45) is 5.74. The summed E-state index contributed by atoms with van der Waals surface area (Å²) in [5, 5.41) is 2.60. The van der Waals surface area contributed by atoms with Crippen molar-refractivity contribution in [1.82, 2.24) is 10.3 Å². The Morgan fingerprint density at radius 3 is 2.96 bits per heavy atom. The number of nitrogens with zero attached hydrogens (tertiary/aromatic N) is 2. The van der Waals surface area contributed by atoms with Crippen LogP contribution in [0.5, 0.6) is 0 Å². The fourth-order valence-electron chi connectivity index (χ4n) is 2.58. The molecule has 2 heterocycles. The van der Waals surface area contributed by atoms with Crippen LogP contribution in [0, 0.1) is 5.82 Å². The van der Waals surface area contributed by atoms with Crippen molar-refractivity contribution >= 4 is 29.8 Å². The first kappa shape index (κ1) is 17.6. The van der Waals surface area contributed by atoms with Crippen LogP contribution in [0.4, 0.5) is 14.9 Å². The molecule has 26 heavy (non-hydrogen) atoms. The minimum absolute atomic E-state index is 0.199. The van der Waals surface area contributed by atoms with Gasteiger partial charge in [0.25, 0.3) is 0 Å². The zero-order chi connectivity index (χ0) is 18.5. The number of hydrogen-bond acceptors (Lipinski definition) is 4. The van der Waals surface area contributed by atoms with Crippen molar-refractivity contribution in [3.63, 3.8) is 0 Å². The highest BCUT2D eigenvalue weighted by molar-refractivity contribution is 5.90. The maximum absolute atomic E-state index is 14.4. The predicted molar refractivity (Wildman–Crippen MR) is 95.9 cm³/mol. The number of aromatic nitrogens is 1. The van der Waals surface area contributed by atoms with Crippen LogP contribution in [0.25, 0.3) is 12.2 Å². The van der Waals surface area contributed by atoms with Gasteiger partial charge in [0.15, 0.2) is 0 Å². The highest BCUT2D eigenvalue weighted by Gasteiger charge is 2.32. The first-order valence-corrected chi connectivity index (χ1v) is 8.13. The van der Waals surface area contributed by atoms with Crippen molar-refractivity contribution in [2.24, 2.45) is 0 Å². The van der Waals surface area contributed by atoms with Crippen LogP contribution in [-0.2, 0) is 9.53 Å². The van der Waals surface area contributed by atoms with Gasteiger partial charge >= 0.3 is 6.09 Å². The molecule has 1 saturated heterocycles. The smallest absolute Gasteiger partial charge is 0.414 e. The number of rotatable bonds is 5. The van der Waals surface area contributed by atoms with Gasteiger partial charge in [0.1, 0.15) is 11.9 Å². The van der Waals surface area contributed by atoms with E-state index >= 15 is 0 Å². The van der Waals surface area contributed by atoms with Gasteiger partial charge in [-0.3, -0.25) is 14.7 Å². The van der Waals surface area contributed by atoms with E-state index in [1.54, 1.807) is 42.7 Å². The Labute approximate surface area is 150 Å². The third-order valence-corrected chi connectivity index (χ3v) is 3.89. The van der Waals surface area contributed by atoms with Crippen LogP contribution in [0.2, 0.25) is 0 Å². The maximum Gasteiger partial charge on any atom is 0.414 e. The molecule has 0 radical (unpaired) electrons. The van der Waals surface area contributed by atoms with E-state index in [2.05, 4.69) is 10.3 Å². The van der Waals surface area contributed by atoms with Gasteiger partial charge in [0.2, 0.25) is 5.91 Å². The van der Waals surface area contributed by atoms with Crippen molar-refractivity contribution in [3.05, 3.63) is 59.7 Å². The molecule has 0 spiro atoms. The number of carbonyl (C=O) groups is 2. The lowest BCUT2D eigenvalue weighted by molar-refractivity contribution is -0.119. The number of nitrogens with one attached hydrogen (secondary N) is 1. The van der Waals surface area contributed by atoms with Crippen LogP contribution in [-0.4, -0.2) is 36.2 Å². The molecular formula is C19H18FN3O3. The number of anilines is 1. The number of benzene rings is 1. The van der Waals surface area contributed by atoms with Crippen LogP contribution in [0.15, 0.2) is 42.7 Å². The second-order valence-electron chi connectivity index (χ2n) is 5.88. The monoisotopic (exact) mass is 355 g/mol. The number of halogens is 1. The summed E-state index contributed by atoms with van der Waals surface area (Å²) in [6, 6.07) is 8.23. The fraction of sp³-hybridized carbons (Fsp3) is 0.211. The van der Waals surface area contributed by atoms with Crippen molar-refractivity contribution in [2.45, 2.75) is 13.0 Å². The second kappa shape index (κ2) is 7.77. The first-order chi connectivity index (χ1) is 12.5. The third-order valence-electron chi connectivity index (χ3n) is 3.89. The Bertz CT molecular complexity index is 839. The molecule has 3 rings (SSSR count). The number of hydrogen-bond donors (Lipinski definition) is 1. The van der Waals surface area contributed by atoms with Gasteiger partial charge < -0.3 is 10.1 Å². The van der Waals surface area contributed by atoms with E-state index in [-0.39, 0.29) is 19.0 Å². The molecule has 1 aliphatic rings. The van der Waals surface area contributed by atoms with Gasteiger partial charge in [-0.15, -0.1) is 0 Å². The molecule has 2 aromatic rings. The lowest BCUT2D eigenvalue weighted by Crippen LogP contribution is -2.33. The topological polar surface area (TPSA) is 71.5 Å². The number of amides is 2. The minimum atomic E-state index is -0.557. The number of pyridine rings is 1. The van der Waals surface area contributed by atoms with E-state index in [0.717, 1.165) is 5.56 Å². The summed E-state index contributed by atoms with van der Waals surface area (Å²) in [5.41, 5.74) is 1.68. The molecule has 1 fully saturated rings. The van der Waals surface area contributed by atoms with E-state index in [1.807, 2.05) is 6.07 Å². The minimum Gasteiger partial charge on any atom is -0.442 e. The van der Waals surface area contributed by atoms with Crippen molar-refractivity contribution in [3.8, 4) is 0 Å². The first-order valence-electron chi connectivity index (χ1n) is 8.13. The Kier molecular flexibility index (Phi) is 5.26. The van der Waals surface area contributed by atoms with Crippen LogP contribution in [0.1, 0.15) is 18.1 Å². The molecule has 1 atom stereocenters. The summed E-state index contributed by atoms with van der Waals surface area (Å²) in [7, 11) is 0. The molecule has 1 aromatic heterocycles. The molecule has 0 bridgehead atoms. The summed E-state index contributed by atoms with van der Waals surface area (Å²) in [4.78, 5) is 28.3. The van der Waals surface area contributed by atoms with E-state index in [4.69, 9.17) is 4.74 Å². The maximum atomic E-state index is 14.4. The van der Waals surface area contributed by atoms with Crippen LogP contribution < -0.4 is 10.2 Å². The van der Waals surface area contributed by atoms with Gasteiger partial charge in [-0.05, 0) is 29.8 Å². The zero-order valence-electron chi connectivity index (χ0n) is 14.2. The average Bonchev–Trinajstić information content (AvgIpc) is 3.00. The van der Waals surface area contributed by atoms with Gasteiger partial charge in [-0.1, -0.05) is 18.2 Å². The third kappa shape index (κ3) is 4.24. The predicted octanol–water partition coefficient (Wildman–Crippen LogP) is 2.85. The van der Waals surface area contributed by atoms with E-state index in [9.17, 15) is 14.0 Å². The van der Waals surface area contributed by atoms with Gasteiger partial charge in [-0.25, -0.2) is 9.18 Å². The Balaban J connectivity index is 1.70. The van der Waals surface area contributed by atoms with Crippen LogP contribution in [0.3, 0.4) is 0 Å². The molecule has 1 N–H and O–H groups in total. The highest BCUT2D eigenvalue weighted by atomic mass is 19.1. The molecule has 1 aliphatic heterocycles. The number of cyclic esters (lactones) is 1. The van der Waals surface area contributed by atoms with E-state index in [0.29, 0.717) is 11.3 Å². The molecule has 2 amide bonds. The van der Waals surface area contributed by atoms with Gasteiger partial charge in [0.05, 0.1) is 18.8 Å². The fourth-order valence-corrected chi connectivity index (χ4v) is 2.58. The standard InChI is InChI=1S/C19H18FN3O3/c1-13(24)22-11-17-12-23(19(25)26-17)16-7-6-15(18(20)9-16)5-4-14-3-2-8-21-10-14/h2-10,17H,11-12H2,1H3,(H,22,24)/t17-/m0/s1. The van der Waals surface area contributed by atoms with Gasteiger partial charge in [-0.2, -0.15) is 0 Å². The van der Waals surface area contributed by atoms with Crippen LogP contribution >= 0.6 is 0 Å². The Hall–Kier alpha value is -3.22. The molecule has 1 aromatic carbocycles. The number of ether oxygens (including phenoxy) is 1. The molecule has 134 valence electrons. The van der Waals surface area contributed by atoms with Gasteiger partial charge in [0, 0.05) is 24.9 Å². The molecule has 6 nitrogen and oxygen atoms in total. The number of carbonyl (C=O) groups excluding carboxylic acids is 2. The summed E-state index contributed by atoms with van der Waals surface area (Å²) in [6.45, 7) is 1.87. The molecular weight excluding hydrogens is 337 g/mol. The molecule has 0 unspecified atom stereocenters. The normalized spacial score (nSPS) is 16.8. The largest absolute Gasteiger partial charge is 0.442 e. The Morgan fingerprint density at radius 2 is 2.27 bits per heavy atom. The molecule has 0 saturated carbocycles. The highest BCUT2D eigenvalue weighted by Crippen LogP contribution is 2.24. The Morgan fingerprint density at radius 1 is 1.42 bits per heavy atom. The van der Waals surface area contributed by atoms with E-state index in [1.165, 1.54) is 17.9 Å². The van der Waals surface area contributed by atoms with E-state index < -0.39 is 18.0 Å². The lowest BCUT2D eigenvalue weighted by Gasteiger charge is -2.13. The quantitative estimate of drug-likeness (QED) is 0.895. The molecule has 0 aliphatic carbocycles. The van der Waals surface area contributed by atoms with Crippen molar-refractivity contribution in [2.75, 3.05) is 18.0 Å². The second-order valence-corrected chi connectivity index (χ2v) is 5.88. The molecule has 7 heteroatoms. The summed E-state index contributed by atoms with van der Waals surface area (Å²) >= 11 is 0.